The first-order chi connectivity index (χ1) is 10.1. The average Bonchev–Trinajstić information content (AvgIpc) is 2.95. The SMILES string of the molecule is N[C@H](Cc1ccccc1)C(=O)NCc1ccc(C(=O)O)o1. The van der Waals surface area contributed by atoms with Gasteiger partial charge in [-0.25, -0.2) is 4.79 Å². The molecule has 1 amide bonds. The number of carbonyl (C=O) groups is 2. The summed E-state index contributed by atoms with van der Waals surface area (Å²) in [5.74, 6) is -1.25. The van der Waals surface area contributed by atoms with Crippen molar-refractivity contribution in [3.05, 3.63) is 59.5 Å². The lowest BCUT2D eigenvalue weighted by atomic mass is 10.1. The van der Waals surface area contributed by atoms with Gasteiger partial charge >= 0.3 is 5.97 Å². The maximum Gasteiger partial charge on any atom is 0.371 e. The molecule has 0 aliphatic rings. The summed E-state index contributed by atoms with van der Waals surface area (Å²) >= 11 is 0. The van der Waals surface area contributed by atoms with Crippen molar-refractivity contribution < 1.29 is 19.1 Å². The number of rotatable bonds is 6. The first kappa shape index (κ1) is 14.8. The van der Waals surface area contributed by atoms with Crippen molar-refractivity contribution in [2.24, 2.45) is 5.73 Å². The number of hydrogen-bond donors (Lipinski definition) is 3. The fourth-order valence-electron chi connectivity index (χ4n) is 1.85. The second-order valence-corrected chi connectivity index (χ2v) is 4.59. The Morgan fingerprint density at radius 1 is 1.19 bits per heavy atom. The summed E-state index contributed by atoms with van der Waals surface area (Å²) < 4.78 is 5.04. The van der Waals surface area contributed by atoms with E-state index in [1.165, 1.54) is 12.1 Å². The standard InChI is InChI=1S/C15H16N2O4/c16-12(8-10-4-2-1-3-5-10)14(18)17-9-11-6-7-13(21-11)15(19)20/h1-7,12H,8-9,16H2,(H,17,18)(H,19,20)/t12-/m1/s1. The highest BCUT2D eigenvalue weighted by Crippen LogP contribution is 2.08. The molecule has 0 unspecified atom stereocenters. The minimum Gasteiger partial charge on any atom is -0.475 e. The quantitative estimate of drug-likeness (QED) is 0.739. The lowest BCUT2D eigenvalue weighted by Crippen LogP contribution is -2.41. The summed E-state index contributed by atoms with van der Waals surface area (Å²) in [6, 6.07) is 11.7. The summed E-state index contributed by atoms with van der Waals surface area (Å²) in [6.45, 7) is 0.106. The van der Waals surface area contributed by atoms with Crippen LogP contribution in [0, 0.1) is 0 Å². The number of carboxylic acids is 1. The number of nitrogens with two attached hydrogens (primary N) is 1. The van der Waals surface area contributed by atoms with Gasteiger partial charge in [0, 0.05) is 0 Å². The van der Waals surface area contributed by atoms with Gasteiger partial charge in [-0.1, -0.05) is 30.3 Å². The zero-order chi connectivity index (χ0) is 15.2. The molecule has 0 saturated heterocycles. The van der Waals surface area contributed by atoms with Gasteiger partial charge in [0.05, 0.1) is 12.6 Å². The maximum atomic E-state index is 11.9. The van der Waals surface area contributed by atoms with Crippen molar-refractivity contribution in [2.75, 3.05) is 0 Å². The lowest BCUT2D eigenvalue weighted by Gasteiger charge is -2.11. The number of hydrogen-bond acceptors (Lipinski definition) is 4. The van der Waals surface area contributed by atoms with E-state index in [9.17, 15) is 9.59 Å². The molecule has 1 aromatic heterocycles. The fraction of sp³-hybridized carbons (Fsp3) is 0.200. The number of amides is 1. The van der Waals surface area contributed by atoms with Crippen LogP contribution in [0.3, 0.4) is 0 Å². The van der Waals surface area contributed by atoms with Crippen LogP contribution in [0.25, 0.3) is 0 Å². The Morgan fingerprint density at radius 3 is 2.52 bits per heavy atom. The summed E-state index contributed by atoms with van der Waals surface area (Å²) in [5, 5.41) is 11.3. The normalized spacial score (nSPS) is 11.9. The van der Waals surface area contributed by atoms with E-state index in [1.807, 2.05) is 30.3 Å². The van der Waals surface area contributed by atoms with Crippen molar-refractivity contribution in [3.63, 3.8) is 0 Å². The number of carbonyl (C=O) groups excluding carboxylic acids is 1. The minimum atomic E-state index is -1.15. The van der Waals surface area contributed by atoms with Crippen LogP contribution in [-0.2, 0) is 17.8 Å². The zero-order valence-corrected chi connectivity index (χ0v) is 11.3. The first-order valence-corrected chi connectivity index (χ1v) is 6.45. The molecule has 0 fully saturated rings. The molecule has 0 spiro atoms. The maximum absolute atomic E-state index is 11.9. The van der Waals surface area contributed by atoms with Gasteiger partial charge in [-0.05, 0) is 24.1 Å². The van der Waals surface area contributed by atoms with Crippen LogP contribution in [0.15, 0.2) is 46.9 Å². The number of furan rings is 1. The van der Waals surface area contributed by atoms with Crippen LogP contribution in [-0.4, -0.2) is 23.0 Å². The smallest absolute Gasteiger partial charge is 0.371 e. The Labute approximate surface area is 121 Å². The first-order valence-electron chi connectivity index (χ1n) is 6.45. The molecule has 0 radical (unpaired) electrons. The second kappa shape index (κ2) is 6.71. The van der Waals surface area contributed by atoms with Gasteiger partial charge in [-0.15, -0.1) is 0 Å². The van der Waals surface area contributed by atoms with Crippen molar-refractivity contribution in [3.8, 4) is 0 Å². The third-order valence-corrected chi connectivity index (χ3v) is 2.94. The van der Waals surface area contributed by atoms with Gasteiger partial charge in [0.1, 0.15) is 5.76 Å². The molecule has 1 aromatic carbocycles. The topological polar surface area (TPSA) is 106 Å². The molecule has 1 heterocycles. The molecular formula is C15H16N2O4. The average molecular weight is 288 g/mol. The molecule has 21 heavy (non-hydrogen) atoms. The van der Waals surface area contributed by atoms with E-state index in [1.54, 1.807) is 0 Å². The highest BCUT2D eigenvalue weighted by Gasteiger charge is 2.15. The largest absolute Gasteiger partial charge is 0.475 e. The van der Waals surface area contributed by atoms with Crippen LogP contribution < -0.4 is 11.1 Å². The van der Waals surface area contributed by atoms with Gasteiger partial charge in [0.15, 0.2) is 0 Å². The third-order valence-electron chi connectivity index (χ3n) is 2.94. The van der Waals surface area contributed by atoms with Gasteiger partial charge in [-0.3, -0.25) is 4.79 Å². The molecule has 0 saturated carbocycles. The van der Waals surface area contributed by atoms with Crippen LogP contribution in [0.1, 0.15) is 21.9 Å². The van der Waals surface area contributed by atoms with Crippen LogP contribution >= 0.6 is 0 Å². The predicted molar refractivity (Wildman–Crippen MR) is 75.6 cm³/mol. The predicted octanol–water partition coefficient (Wildman–Crippen LogP) is 1.16. The van der Waals surface area contributed by atoms with Gasteiger partial charge in [-0.2, -0.15) is 0 Å². The Balaban J connectivity index is 1.84. The van der Waals surface area contributed by atoms with Crippen LogP contribution in [0.2, 0.25) is 0 Å². The highest BCUT2D eigenvalue weighted by molar-refractivity contribution is 5.84. The van der Waals surface area contributed by atoms with E-state index in [0.717, 1.165) is 5.56 Å². The highest BCUT2D eigenvalue weighted by atomic mass is 16.4. The van der Waals surface area contributed by atoms with E-state index < -0.39 is 12.0 Å². The molecule has 2 aromatic rings. The van der Waals surface area contributed by atoms with Crippen molar-refractivity contribution in [1.82, 2.24) is 5.32 Å². The summed E-state index contributed by atoms with van der Waals surface area (Å²) in [5.41, 5.74) is 6.81. The monoisotopic (exact) mass is 288 g/mol. The number of aromatic carboxylic acids is 1. The molecule has 4 N–H and O–H groups in total. The van der Waals surface area contributed by atoms with Crippen molar-refractivity contribution in [2.45, 2.75) is 19.0 Å². The zero-order valence-electron chi connectivity index (χ0n) is 11.3. The lowest BCUT2D eigenvalue weighted by molar-refractivity contribution is -0.122. The van der Waals surface area contributed by atoms with Gasteiger partial charge in [0.2, 0.25) is 11.7 Å². The Morgan fingerprint density at radius 2 is 1.90 bits per heavy atom. The second-order valence-electron chi connectivity index (χ2n) is 4.59. The summed E-state index contributed by atoms with van der Waals surface area (Å²) in [4.78, 5) is 22.5. The number of carboxylic acid groups (broad SMARTS) is 1. The Kier molecular flexibility index (Phi) is 4.73. The fourth-order valence-corrected chi connectivity index (χ4v) is 1.85. The van der Waals surface area contributed by atoms with Crippen LogP contribution in [0.5, 0.6) is 0 Å². The summed E-state index contributed by atoms with van der Waals surface area (Å²) in [7, 11) is 0. The molecule has 1 atom stereocenters. The van der Waals surface area contributed by atoms with Crippen molar-refractivity contribution in [1.29, 1.82) is 0 Å². The molecule has 0 aliphatic heterocycles. The van der Waals surface area contributed by atoms with E-state index in [0.29, 0.717) is 12.2 Å². The Hall–Kier alpha value is -2.60. The number of nitrogens with one attached hydrogen (secondary N) is 1. The van der Waals surface area contributed by atoms with Gasteiger partial charge < -0.3 is 20.6 Å². The van der Waals surface area contributed by atoms with Gasteiger partial charge in [0.25, 0.3) is 0 Å². The molecule has 0 aliphatic carbocycles. The van der Waals surface area contributed by atoms with Crippen molar-refractivity contribution >= 4 is 11.9 Å². The number of benzene rings is 1. The Bertz CT molecular complexity index is 622. The molecule has 6 nitrogen and oxygen atoms in total. The molecule has 0 bridgehead atoms. The van der Waals surface area contributed by atoms with E-state index >= 15 is 0 Å². The third kappa shape index (κ3) is 4.19. The van der Waals surface area contributed by atoms with E-state index in [-0.39, 0.29) is 18.2 Å². The molecular weight excluding hydrogens is 272 g/mol. The molecule has 2 rings (SSSR count). The minimum absolute atomic E-state index is 0.106. The molecule has 6 heteroatoms. The van der Waals surface area contributed by atoms with Crippen LogP contribution in [0.4, 0.5) is 0 Å². The summed E-state index contributed by atoms with van der Waals surface area (Å²) in [6.07, 6.45) is 0.436. The van der Waals surface area contributed by atoms with E-state index in [4.69, 9.17) is 15.3 Å². The van der Waals surface area contributed by atoms with E-state index in [2.05, 4.69) is 5.32 Å². The molecule has 110 valence electrons.